The first-order valence-corrected chi connectivity index (χ1v) is 12.3. The van der Waals surface area contributed by atoms with Gasteiger partial charge in [0.15, 0.2) is 17.2 Å². The van der Waals surface area contributed by atoms with E-state index in [-0.39, 0.29) is 11.4 Å². The molecule has 1 aliphatic carbocycles. The van der Waals surface area contributed by atoms with E-state index in [2.05, 4.69) is 84.3 Å². The van der Waals surface area contributed by atoms with Crippen LogP contribution in [0, 0.1) is 0 Å². The standard InChI is InChI=1S/C14H20BrN3O2.C6H4Br2N2O2/c1-3-18(10-7-5-4-6-8-10)13-12(14(19)20-2)17-11(15)9-16-13;1-12-6(11)4-5(8)9-2-3(7)10-4/h9-10H,3-8H2,1-2H3;2H,1H3. The van der Waals surface area contributed by atoms with E-state index >= 15 is 0 Å². The van der Waals surface area contributed by atoms with Crippen molar-refractivity contribution in [2.75, 3.05) is 25.7 Å². The Balaban J connectivity index is 0.000000258. The third kappa shape index (κ3) is 7.17. The second-order valence-corrected chi connectivity index (χ2v) is 9.13. The van der Waals surface area contributed by atoms with Gasteiger partial charge >= 0.3 is 11.9 Å². The van der Waals surface area contributed by atoms with Crippen LogP contribution in [0.2, 0.25) is 0 Å². The van der Waals surface area contributed by atoms with Crippen molar-refractivity contribution >= 4 is 65.5 Å². The van der Waals surface area contributed by atoms with Crippen LogP contribution >= 0.6 is 47.8 Å². The molecule has 2 aromatic heterocycles. The largest absolute Gasteiger partial charge is 0.464 e. The quantitative estimate of drug-likeness (QED) is 0.420. The molecule has 0 aliphatic heterocycles. The molecule has 1 fully saturated rings. The molecule has 12 heteroatoms. The van der Waals surface area contributed by atoms with Gasteiger partial charge in [-0.15, -0.1) is 0 Å². The van der Waals surface area contributed by atoms with Crippen LogP contribution in [-0.4, -0.2) is 58.7 Å². The SMILES string of the molecule is CCN(c1ncc(Br)nc1C(=O)OC)C1CCCCC1.COC(=O)c1nc(Br)cnc1Br. The molecule has 0 aromatic carbocycles. The van der Waals surface area contributed by atoms with E-state index in [1.54, 1.807) is 6.20 Å². The fraction of sp³-hybridized carbons (Fsp3) is 0.500. The third-order valence-corrected chi connectivity index (χ3v) is 6.15. The zero-order valence-electron chi connectivity index (χ0n) is 18.0. The average molecular weight is 638 g/mol. The molecule has 0 unspecified atom stereocenters. The predicted molar refractivity (Wildman–Crippen MR) is 130 cm³/mol. The van der Waals surface area contributed by atoms with Gasteiger partial charge in [-0.1, -0.05) is 19.3 Å². The number of rotatable bonds is 5. The Hall–Kier alpha value is -1.66. The van der Waals surface area contributed by atoms with Crippen LogP contribution in [0.5, 0.6) is 0 Å². The van der Waals surface area contributed by atoms with Crippen molar-refractivity contribution in [3.8, 4) is 0 Å². The summed E-state index contributed by atoms with van der Waals surface area (Å²) in [4.78, 5) is 41.5. The number of esters is 2. The van der Waals surface area contributed by atoms with Gasteiger partial charge < -0.3 is 14.4 Å². The summed E-state index contributed by atoms with van der Waals surface area (Å²) in [5, 5.41) is 0. The van der Waals surface area contributed by atoms with Crippen molar-refractivity contribution in [2.45, 2.75) is 45.1 Å². The van der Waals surface area contributed by atoms with E-state index in [1.807, 2.05) is 0 Å². The molecule has 0 radical (unpaired) electrons. The number of hydrogen-bond acceptors (Lipinski definition) is 9. The van der Waals surface area contributed by atoms with Gasteiger partial charge in [-0.2, -0.15) is 0 Å². The summed E-state index contributed by atoms with van der Waals surface area (Å²) < 4.78 is 10.7. The molecule has 9 nitrogen and oxygen atoms in total. The lowest BCUT2D eigenvalue weighted by molar-refractivity contribution is 0.0584. The summed E-state index contributed by atoms with van der Waals surface area (Å²) in [7, 11) is 2.66. The van der Waals surface area contributed by atoms with E-state index in [9.17, 15) is 9.59 Å². The molecule has 2 heterocycles. The maximum atomic E-state index is 11.9. The van der Waals surface area contributed by atoms with Crippen molar-refractivity contribution in [2.24, 2.45) is 0 Å². The molecule has 0 atom stereocenters. The summed E-state index contributed by atoms with van der Waals surface area (Å²) in [6, 6.07) is 0.438. The monoisotopic (exact) mass is 635 g/mol. The van der Waals surface area contributed by atoms with E-state index in [0.717, 1.165) is 19.4 Å². The normalized spacial score (nSPS) is 13.6. The number of methoxy groups -OCH3 is 2. The fourth-order valence-corrected chi connectivity index (χ4v) is 4.27. The molecule has 3 rings (SSSR count). The summed E-state index contributed by atoms with van der Waals surface area (Å²) in [5.74, 6) is -0.326. The highest BCUT2D eigenvalue weighted by Crippen LogP contribution is 2.28. The van der Waals surface area contributed by atoms with Crippen molar-refractivity contribution in [3.63, 3.8) is 0 Å². The Labute approximate surface area is 212 Å². The van der Waals surface area contributed by atoms with Crippen LogP contribution in [0.25, 0.3) is 0 Å². The molecule has 0 bridgehead atoms. The van der Waals surface area contributed by atoms with Gasteiger partial charge in [-0.3, -0.25) is 0 Å². The highest BCUT2D eigenvalue weighted by molar-refractivity contribution is 9.11. The number of aromatic nitrogens is 4. The lowest BCUT2D eigenvalue weighted by Gasteiger charge is -2.34. The first-order valence-electron chi connectivity index (χ1n) is 9.96. The van der Waals surface area contributed by atoms with Gasteiger partial charge in [0.1, 0.15) is 13.8 Å². The molecule has 0 amide bonds. The molecule has 2 aromatic rings. The van der Waals surface area contributed by atoms with Gasteiger partial charge in [0, 0.05) is 12.6 Å². The van der Waals surface area contributed by atoms with Crippen LogP contribution in [-0.2, 0) is 9.47 Å². The van der Waals surface area contributed by atoms with Crippen LogP contribution in [0.4, 0.5) is 5.82 Å². The minimum atomic E-state index is -0.518. The van der Waals surface area contributed by atoms with Gasteiger partial charge in [0.05, 0.1) is 26.6 Å². The van der Waals surface area contributed by atoms with Gasteiger partial charge in [0.2, 0.25) is 0 Å². The maximum absolute atomic E-state index is 11.9. The number of halogens is 3. The van der Waals surface area contributed by atoms with Crippen molar-refractivity contribution in [3.05, 3.63) is 37.6 Å². The van der Waals surface area contributed by atoms with Crippen LogP contribution in [0.15, 0.2) is 26.2 Å². The first kappa shape index (κ1) is 26.6. The number of carbonyl (C=O) groups excluding carboxylic acids is 2. The number of ether oxygens (including phenoxy) is 2. The molecule has 0 spiro atoms. The van der Waals surface area contributed by atoms with E-state index < -0.39 is 11.9 Å². The average Bonchev–Trinajstić information content (AvgIpc) is 2.82. The topological polar surface area (TPSA) is 107 Å². The van der Waals surface area contributed by atoms with Gasteiger partial charge in [-0.05, 0) is 67.6 Å². The summed E-state index contributed by atoms with van der Waals surface area (Å²) in [6.07, 6.45) is 9.17. The molecule has 1 aliphatic rings. The fourth-order valence-electron chi connectivity index (χ4n) is 3.36. The molecular weight excluding hydrogens is 614 g/mol. The smallest absolute Gasteiger partial charge is 0.360 e. The van der Waals surface area contributed by atoms with E-state index in [4.69, 9.17) is 4.74 Å². The number of nitrogens with zero attached hydrogens (tertiary/aromatic N) is 5. The van der Waals surface area contributed by atoms with Gasteiger partial charge in [-0.25, -0.2) is 29.5 Å². The maximum Gasteiger partial charge on any atom is 0.360 e. The molecule has 1 saturated carbocycles. The van der Waals surface area contributed by atoms with Crippen LogP contribution in [0.1, 0.15) is 60.0 Å². The van der Waals surface area contributed by atoms with Crippen LogP contribution in [0.3, 0.4) is 0 Å². The Bertz CT molecular complexity index is 941. The van der Waals surface area contributed by atoms with Gasteiger partial charge in [0.25, 0.3) is 0 Å². The highest BCUT2D eigenvalue weighted by atomic mass is 79.9. The lowest BCUT2D eigenvalue weighted by Crippen LogP contribution is -2.38. The lowest BCUT2D eigenvalue weighted by atomic mass is 9.94. The Morgan fingerprint density at radius 2 is 1.47 bits per heavy atom. The number of anilines is 1. The third-order valence-electron chi connectivity index (χ3n) is 4.81. The minimum Gasteiger partial charge on any atom is -0.464 e. The second kappa shape index (κ2) is 13.1. The number of hydrogen-bond donors (Lipinski definition) is 0. The summed E-state index contributed by atoms with van der Waals surface area (Å²) >= 11 is 9.43. The Kier molecular flexibility index (Phi) is 10.9. The Morgan fingerprint density at radius 1 is 0.938 bits per heavy atom. The van der Waals surface area contributed by atoms with Crippen molar-refractivity contribution in [1.29, 1.82) is 0 Å². The van der Waals surface area contributed by atoms with E-state index in [0.29, 0.717) is 25.7 Å². The van der Waals surface area contributed by atoms with Crippen molar-refractivity contribution in [1.82, 2.24) is 19.9 Å². The molecule has 0 N–H and O–H groups in total. The zero-order chi connectivity index (χ0) is 23.7. The highest BCUT2D eigenvalue weighted by Gasteiger charge is 2.26. The second-order valence-electron chi connectivity index (χ2n) is 6.76. The van der Waals surface area contributed by atoms with Crippen LogP contribution < -0.4 is 4.90 Å². The first-order chi connectivity index (χ1) is 15.3. The van der Waals surface area contributed by atoms with Crippen molar-refractivity contribution < 1.29 is 19.1 Å². The van der Waals surface area contributed by atoms with E-state index in [1.165, 1.54) is 39.7 Å². The zero-order valence-corrected chi connectivity index (χ0v) is 22.7. The molecular formula is C20H24Br3N5O4. The number of carbonyl (C=O) groups is 2. The molecule has 0 saturated heterocycles. The summed E-state index contributed by atoms with van der Waals surface area (Å²) in [5.41, 5.74) is 0.446. The predicted octanol–water partition coefficient (Wildman–Crippen LogP) is 4.97. The summed E-state index contributed by atoms with van der Waals surface area (Å²) in [6.45, 7) is 2.89. The minimum absolute atomic E-state index is 0.159. The molecule has 174 valence electrons. The Morgan fingerprint density at radius 3 is 2.03 bits per heavy atom. The molecule has 32 heavy (non-hydrogen) atoms.